The summed E-state index contributed by atoms with van der Waals surface area (Å²) in [6, 6.07) is 0. The maximum Gasteiger partial charge on any atom is 0.411 e. The fraction of sp³-hybridized carbons (Fsp3) is 0.900. The van der Waals surface area contributed by atoms with Crippen LogP contribution in [-0.2, 0) is 9.53 Å². The lowest BCUT2D eigenvalue weighted by Gasteiger charge is -2.10. The van der Waals surface area contributed by atoms with Crippen molar-refractivity contribution >= 4 is 18.3 Å². The summed E-state index contributed by atoms with van der Waals surface area (Å²) in [5.41, 5.74) is 0. The first kappa shape index (κ1) is 17.5. The molecule has 0 aromatic rings. The van der Waals surface area contributed by atoms with Gasteiger partial charge in [-0.3, -0.25) is 4.79 Å². The molecule has 0 radical (unpaired) electrons. The van der Waals surface area contributed by atoms with Crippen molar-refractivity contribution in [2.75, 3.05) is 32.8 Å². The number of rotatable bonds is 6. The number of ether oxygens (including phenoxy) is 1. The van der Waals surface area contributed by atoms with Gasteiger partial charge in [0, 0.05) is 13.0 Å². The highest BCUT2D eigenvalue weighted by atomic mass is 35.5. The van der Waals surface area contributed by atoms with E-state index in [1.54, 1.807) is 0 Å². The van der Waals surface area contributed by atoms with Crippen LogP contribution in [0.3, 0.4) is 0 Å². The monoisotopic (exact) mass is 290 g/mol. The molecule has 1 rings (SSSR count). The van der Waals surface area contributed by atoms with Gasteiger partial charge in [-0.1, -0.05) is 0 Å². The fourth-order valence-electron chi connectivity index (χ4n) is 1.67. The molecule has 1 atom stereocenters. The third-order valence-corrected chi connectivity index (χ3v) is 2.47. The van der Waals surface area contributed by atoms with Gasteiger partial charge in [0.1, 0.15) is 6.61 Å². The summed E-state index contributed by atoms with van der Waals surface area (Å²) in [5.74, 6) is 0.209. The van der Waals surface area contributed by atoms with Crippen LogP contribution in [0.2, 0.25) is 0 Å². The van der Waals surface area contributed by atoms with Gasteiger partial charge in [0.25, 0.3) is 0 Å². The van der Waals surface area contributed by atoms with Gasteiger partial charge >= 0.3 is 6.18 Å². The molecule has 1 fully saturated rings. The van der Waals surface area contributed by atoms with Crippen LogP contribution in [0.15, 0.2) is 0 Å². The Kier molecular flexibility index (Phi) is 8.30. The molecule has 108 valence electrons. The molecule has 0 aromatic heterocycles. The summed E-state index contributed by atoms with van der Waals surface area (Å²) in [7, 11) is 0. The van der Waals surface area contributed by atoms with E-state index in [1.807, 2.05) is 0 Å². The predicted molar refractivity (Wildman–Crippen MR) is 62.7 cm³/mol. The van der Waals surface area contributed by atoms with Gasteiger partial charge < -0.3 is 15.4 Å². The lowest BCUT2D eigenvalue weighted by molar-refractivity contribution is -0.173. The van der Waals surface area contributed by atoms with E-state index in [9.17, 15) is 18.0 Å². The average Bonchev–Trinajstić information content (AvgIpc) is 2.68. The maximum atomic E-state index is 11.7. The predicted octanol–water partition coefficient (Wildman–Crippen LogP) is 1.10. The van der Waals surface area contributed by atoms with Crippen molar-refractivity contribution < 1.29 is 22.7 Å². The second-order valence-electron chi connectivity index (χ2n) is 4.08. The van der Waals surface area contributed by atoms with Crippen LogP contribution in [-0.4, -0.2) is 44.9 Å². The Morgan fingerprint density at radius 2 is 2.17 bits per heavy atom. The minimum Gasteiger partial charge on any atom is -0.370 e. The number of alkyl halides is 3. The first-order chi connectivity index (χ1) is 7.97. The van der Waals surface area contributed by atoms with Crippen molar-refractivity contribution in [1.29, 1.82) is 0 Å². The summed E-state index contributed by atoms with van der Waals surface area (Å²) < 4.78 is 39.4. The molecular weight excluding hydrogens is 273 g/mol. The van der Waals surface area contributed by atoms with Gasteiger partial charge in [0.05, 0.1) is 6.61 Å². The number of carbonyl (C=O) groups is 1. The zero-order valence-corrected chi connectivity index (χ0v) is 10.7. The van der Waals surface area contributed by atoms with Crippen LogP contribution < -0.4 is 10.6 Å². The fourth-order valence-corrected chi connectivity index (χ4v) is 1.67. The number of carbonyl (C=O) groups excluding carboxylic acids is 1. The number of amides is 1. The molecule has 1 saturated heterocycles. The van der Waals surface area contributed by atoms with E-state index < -0.39 is 12.8 Å². The van der Waals surface area contributed by atoms with E-state index in [2.05, 4.69) is 15.4 Å². The van der Waals surface area contributed by atoms with Crippen molar-refractivity contribution in [3.05, 3.63) is 0 Å². The van der Waals surface area contributed by atoms with Crippen molar-refractivity contribution in [3.8, 4) is 0 Å². The minimum absolute atomic E-state index is 0. The smallest absolute Gasteiger partial charge is 0.370 e. The van der Waals surface area contributed by atoms with Crippen LogP contribution in [0, 0.1) is 5.92 Å². The standard InChI is InChI=1S/C10H17F3N2O2.ClH/c11-10(12,13)7-17-4-3-15-9(16)5-8-1-2-14-6-8;/h8,14H,1-7H2,(H,15,16);1H. The van der Waals surface area contributed by atoms with Crippen LogP contribution in [0.4, 0.5) is 13.2 Å². The second-order valence-corrected chi connectivity index (χ2v) is 4.08. The highest BCUT2D eigenvalue weighted by molar-refractivity contribution is 5.85. The SMILES string of the molecule is Cl.O=C(CC1CCNC1)NCCOCC(F)(F)F. The van der Waals surface area contributed by atoms with Gasteiger partial charge in [0.15, 0.2) is 0 Å². The van der Waals surface area contributed by atoms with Gasteiger partial charge in [0.2, 0.25) is 5.91 Å². The molecule has 1 aliphatic rings. The third-order valence-electron chi connectivity index (χ3n) is 2.47. The molecule has 0 spiro atoms. The molecule has 0 aromatic carbocycles. The molecular formula is C10H18ClF3N2O2. The molecule has 0 aliphatic carbocycles. The van der Waals surface area contributed by atoms with Crippen LogP contribution >= 0.6 is 12.4 Å². The second kappa shape index (κ2) is 8.55. The molecule has 1 aliphatic heterocycles. The average molecular weight is 291 g/mol. The van der Waals surface area contributed by atoms with Gasteiger partial charge in [-0.25, -0.2) is 0 Å². The summed E-state index contributed by atoms with van der Waals surface area (Å²) in [5, 5.41) is 5.68. The zero-order chi connectivity index (χ0) is 12.7. The van der Waals surface area contributed by atoms with Gasteiger partial charge in [-0.05, 0) is 25.4 Å². The van der Waals surface area contributed by atoms with Crippen LogP contribution in [0.1, 0.15) is 12.8 Å². The molecule has 18 heavy (non-hydrogen) atoms. The van der Waals surface area contributed by atoms with E-state index in [4.69, 9.17) is 0 Å². The molecule has 0 saturated carbocycles. The highest BCUT2D eigenvalue weighted by Crippen LogP contribution is 2.14. The van der Waals surface area contributed by atoms with Crippen molar-refractivity contribution in [1.82, 2.24) is 10.6 Å². The van der Waals surface area contributed by atoms with E-state index in [0.29, 0.717) is 12.3 Å². The number of hydrogen-bond donors (Lipinski definition) is 2. The normalized spacial score (nSPS) is 19.4. The van der Waals surface area contributed by atoms with E-state index in [1.165, 1.54) is 0 Å². The Balaban J connectivity index is 0.00000289. The minimum atomic E-state index is -4.31. The Morgan fingerprint density at radius 1 is 1.44 bits per heavy atom. The van der Waals surface area contributed by atoms with Crippen molar-refractivity contribution in [3.63, 3.8) is 0 Å². The van der Waals surface area contributed by atoms with E-state index in [-0.39, 0.29) is 31.5 Å². The van der Waals surface area contributed by atoms with Gasteiger partial charge in [-0.2, -0.15) is 13.2 Å². The largest absolute Gasteiger partial charge is 0.411 e. The molecule has 4 nitrogen and oxygen atoms in total. The zero-order valence-electron chi connectivity index (χ0n) is 9.89. The summed E-state index contributed by atoms with van der Waals surface area (Å²) >= 11 is 0. The molecule has 0 bridgehead atoms. The summed E-state index contributed by atoms with van der Waals surface area (Å²) in [6.07, 6.45) is -2.91. The quantitative estimate of drug-likeness (QED) is 0.721. The molecule has 1 amide bonds. The lowest BCUT2D eigenvalue weighted by Crippen LogP contribution is -2.30. The Bertz CT molecular complexity index is 246. The maximum absolute atomic E-state index is 11.7. The Morgan fingerprint density at radius 3 is 2.72 bits per heavy atom. The van der Waals surface area contributed by atoms with Crippen LogP contribution in [0.5, 0.6) is 0 Å². The topological polar surface area (TPSA) is 50.4 Å². The third kappa shape index (κ3) is 8.54. The Labute approximate surface area is 110 Å². The summed E-state index contributed by atoms with van der Waals surface area (Å²) in [4.78, 5) is 11.3. The van der Waals surface area contributed by atoms with Crippen LogP contribution in [0.25, 0.3) is 0 Å². The van der Waals surface area contributed by atoms with Crippen molar-refractivity contribution in [2.24, 2.45) is 5.92 Å². The molecule has 1 unspecified atom stereocenters. The Hall–Kier alpha value is -0.530. The van der Waals surface area contributed by atoms with E-state index >= 15 is 0 Å². The first-order valence-electron chi connectivity index (χ1n) is 5.59. The number of hydrogen-bond acceptors (Lipinski definition) is 3. The number of nitrogens with one attached hydrogen (secondary N) is 2. The molecule has 8 heteroatoms. The first-order valence-corrected chi connectivity index (χ1v) is 5.59. The lowest BCUT2D eigenvalue weighted by atomic mass is 10.0. The molecule has 2 N–H and O–H groups in total. The van der Waals surface area contributed by atoms with Gasteiger partial charge in [-0.15, -0.1) is 12.4 Å². The summed E-state index contributed by atoms with van der Waals surface area (Å²) in [6.45, 7) is 0.489. The number of halogens is 4. The molecule has 1 heterocycles. The highest BCUT2D eigenvalue weighted by Gasteiger charge is 2.27. The van der Waals surface area contributed by atoms with E-state index in [0.717, 1.165) is 19.5 Å². The van der Waals surface area contributed by atoms with Crippen molar-refractivity contribution in [2.45, 2.75) is 19.0 Å².